The lowest BCUT2D eigenvalue weighted by molar-refractivity contribution is -0.142. The van der Waals surface area contributed by atoms with Crippen LogP contribution in [0.3, 0.4) is 0 Å². The van der Waals surface area contributed by atoms with Crippen molar-refractivity contribution in [1.29, 1.82) is 0 Å². The van der Waals surface area contributed by atoms with Gasteiger partial charge in [0, 0.05) is 18.1 Å². The summed E-state index contributed by atoms with van der Waals surface area (Å²) in [6, 6.07) is -0.0724. The first-order valence-electron chi connectivity index (χ1n) is 7.20. The number of carboxylic acid groups (broad SMARTS) is 1. The van der Waals surface area contributed by atoms with E-state index in [0.717, 1.165) is 30.4 Å². The third-order valence-electron chi connectivity index (χ3n) is 4.57. The molecule has 0 radical (unpaired) electrons. The van der Waals surface area contributed by atoms with Crippen molar-refractivity contribution in [3.05, 3.63) is 22.9 Å². The predicted octanol–water partition coefficient (Wildman–Crippen LogP) is 1.70. The third kappa shape index (κ3) is 1.59. The van der Waals surface area contributed by atoms with Crippen molar-refractivity contribution in [2.45, 2.75) is 45.3 Å². The van der Waals surface area contributed by atoms with Crippen molar-refractivity contribution < 1.29 is 19.4 Å². The van der Waals surface area contributed by atoms with Crippen molar-refractivity contribution in [2.75, 3.05) is 6.61 Å². The number of hydrogen-bond acceptors (Lipinski definition) is 3. The quantitative estimate of drug-likeness (QED) is 0.630. The molecule has 108 valence electrons. The molecule has 2 heterocycles. The molecule has 2 fully saturated rings. The largest absolute Gasteiger partial charge is 0.477 e. The molecule has 5 nitrogen and oxygen atoms in total. The molecule has 1 saturated heterocycles. The van der Waals surface area contributed by atoms with Gasteiger partial charge in [0.1, 0.15) is 5.70 Å². The highest BCUT2D eigenvalue weighted by Gasteiger charge is 2.58. The van der Waals surface area contributed by atoms with Crippen LogP contribution in [-0.2, 0) is 14.3 Å². The lowest BCUT2D eigenvalue weighted by Gasteiger charge is -2.42. The number of ether oxygens (including phenoxy) is 1. The maximum atomic E-state index is 12.1. The lowest BCUT2D eigenvalue weighted by Crippen LogP contribution is -2.54. The van der Waals surface area contributed by atoms with Gasteiger partial charge in [0.15, 0.2) is 0 Å². The zero-order valence-electron chi connectivity index (χ0n) is 11.8. The maximum absolute atomic E-state index is 12.1. The monoisotopic (exact) mass is 277 g/mol. The van der Waals surface area contributed by atoms with Gasteiger partial charge in [-0.05, 0) is 38.7 Å². The van der Waals surface area contributed by atoms with E-state index >= 15 is 0 Å². The number of allylic oxidation sites excluding steroid dienone is 1. The lowest BCUT2D eigenvalue weighted by atomic mass is 9.75. The highest BCUT2D eigenvalue weighted by molar-refractivity contribution is 6.09. The van der Waals surface area contributed by atoms with Crippen molar-refractivity contribution in [2.24, 2.45) is 5.92 Å². The summed E-state index contributed by atoms with van der Waals surface area (Å²) < 4.78 is 5.73. The molecule has 5 heteroatoms. The second-order valence-corrected chi connectivity index (χ2v) is 5.45. The van der Waals surface area contributed by atoms with Crippen LogP contribution in [-0.4, -0.2) is 40.6 Å². The molecule has 1 aliphatic carbocycles. The molecule has 1 amide bonds. The third-order valence-corrected chi connectivity index (χ3v) is 4.57. The highest BCUT2D eigenvalue weighted by atomic mass is 16.5. The Hall–Kier alpha value is -1.62. The molecule has 0 bridgehead atoms. The summed E-state index contributed by atoms with van der Waals surface area (Å²) in [6.07, 6.45) is 4.45. The highest BCUT2D eigenvalue weighted by Crippen LogP contribution is 2.51. The molecule has 3 rings (SSSR count). The van der Waals surface area contributed by atoms with E-state index in [-0.39, 0.29) is 29.7 Å². The molecule has 0 unspecified atom stereocenters. The molecule has 2 aliphatic heterocycles. The van der Waals surface area contributed by atoms with Gasteiger partial charge in [-0.25, -0.2) is 4.79 Å². The fourth-order valence-corrected chi connectivity index (χ4v) is 3.87. The summed E-state index contributed by atoms with van der Waals surface area (Å²) in [5.41, 5.74) is 1.76. The smallest absolute Gasteiger partial charge is 0.352 e. The number of β-lactam (4-membered cyclic amide) rings is 1. The molecule has 0 aromatic rings. The Labute approximate surface area is 117 Å². The summed E-state index contributed by atoms with van der Waals surface area (Å²) in [5.74, 6) is -1.05. The SMILES string of the molecule is C/C=C1/C(=O)N2C(C(=O)O)=C3[C@@H](OCC)CCC[C@@H]3[C@H]12. The number of nitrogens with zero attached hydrogens (tertiary/aromatic N) is 1. The van der Waals surface area contributed by atoms with Gasteiger partial charge in [0.25, 0.3) is 5.91 Å². The Balaban J connectivity index is 2.06. The van der Waals surface area contributed by atoms with Crippen LogP contribution in [0.2, 0.25) is 0 Å². The zero-order valence-corrected chi connectivity index (χ0v) is 11.8. The number of aliphatic carboxylic acids is 1. The van der Waals surface area contributed by atoms with Gasteiger partial charge in [-0.2, -0.15) is 0 Å². The summed E-state index contributed by atoms with van der Waals surface area (Å²) >= 11 is 0. The Morgan fingerprint density at radius 1 is 1.50 bits per heavy atom. The first-order chi connectivity index (χ1) is 9.61. The van der Waals surface area contributed by atoms with Gasteiger partial charge < -0.3 is 9.84 Å². The van der Waals surface area contributed by atoms with Crippen molar-refractivity contribution >= 4 is 11.9 Å². The van der Waals surface area contributed by atoms with Crippen LogP contribution >= 0.6 is 0 Å². The van der Waals surface area contributed by atoms with Crippen LogP contribution in [0.25, 0.3) is 0 Å². The number of carboxylic acids is 1. The Bertz CT molecular complexity index is 532. The van der Waals surface area contributed by atoms with E-state index in [9.17, 15) is 14.7 Å². The Morgan fingerprint density at radius 3 is 2.85 bits per heavy atom. The number of rotatable bonds is 3. The molecular weight excluding hydrogens is 258 g/mol. The summed E-state index contributed by atoms with van der Waals surface area (Å²) in [5, 5.41) is 9.51. The summed E-state index contributed by atoms with van der Waals surface area (Å²) in [7, 11) is 0. The minimum atomic E-state index is -1.01. The van der Waals surface area contributed by atoms with Crippen LogP contribution in [0.15, 0.2) is 22.9 Å². The molecule has 3 atom stereocenters. The number of carbonyl (C=O) groups is 2. The molecule has 0 aromatic carbocycles. The first-order valence-corrected chi connectivity index (χ1v) is 7.20. The molecule has 20 heavy (non-hydrogen) atoms. The van der Waals surface area contributed by atoms with Gasteiger partial charge in [-0.15, -0.1) is 0 Å². The predicted molar refractivity (Wildman–Crippen MR) is 71.8 cm³/mol. The fourth-order valence-electron chi connectivity index (χ4n) is 3.87. The number of amides is 1. The molecular formula is C15H19NO4. The normalized spacial score (nSPS) is 34.1. The van der Waals surface area contributed by atoms with Gasteiger partial charge in [0.05, 0.1) is 12.1 Å². The molecule has 1 N–H and O–H groups in total. The molecule has 1 saturated carbocycles. The van der Waals surface area contributed by atoms with Crippen molar-refractivity contribution in [1.82, 2.24) is 4.90 Å². The second kappa shape index (κ2) is 4.74. The van der Waals surface area contributed by atoms with Gasteiger partial charge in [-0.1, -0.05) is 6.08 Å². The van der Waals surface area contributed by atoms with E-state index < -0.39 is 5.97 Å². The topological polar surface area (TPSA) is 66.8 Å². The molecule has 0 aromatic heterocycles. The summed E-state index contributed by atoms with van der Waals surface area (Å²) in [4.78, 5) is 25.2. The van der Waals surface area contributed by atoms with Crippen LogP contribution in [0.1, 0.15) is 33.1 Å². The van der Waals surface area contributed by atoms with Gasteiger partial charge in [0.2, 0.25) is 0 Å². The fraction of sp³-hybridized carbons (Fsp3) is 0.600. The van der Waals surface area contributed by atoms with E-state index in [2.05, 4.69) is 0 Å². The van der Waals surface area contributed by atoms with Crippen LogP contribution in [0, 0.1) is 5.92 Å². The number of carbonyl (C=O) groups excluding carboxylic acids is 1. The molecule has 3 aliphatic rings. The van der Waals surface area contributed by atoms with E-state index in [1.54, 1.807) is 0 Å². The summed E-state index contributed by atoms with van der Waals surface area (Å²) in [6.45, 7) is 4.31. The average Bonchev–Trinajstić information content (AvgIpc) is 2.72. The van der Waals surface area contributed by atoms with E-state index in [1.165, 1.54) is 4.90 Å². The van der Waals surface area contributed by atoms with Crippen LogP contribution in [0.4, 0.5) is 0 Å². The Kier molecular flexibility index (Phi) is 3.17. The number of hydrogen-bond donors (Lipinski definition) is 1. The number of fused-ring (bicyclic) bond motifs is 3. The van der Waals surface area contributed by atoms with Crippen LogP contribution in [0.5, 0.6) is 0 Å². The zero-order chi connectivity index (χ0) is 14.4. The van der Waals surface area contributed by atoms with Crippen molar-refractivity contribution in [3.8, 4) is 0 Å². The average molecular weight is 277 g/mol. The Morgan fingerprint density at radius 2 is 2.25 bits per heavy atom. The van der Waals surface area contributed by atoms with E-state index in [1.807, 2.05) is 19.9 Å². The van der Waals surface area contributed by atoms with Crippen LogP contribution < -0.4 is 0 Å². The van der Waals surface area contributed by atoms with Crippen molar-refractivity contribution in [3.63, 3.8) is 0 Å². The molecule has 0 spiro atoms. The van der Waals surface area contributed by atoms with Gasteiger partial charge >= 0.3 is 5.97 Å². The second-order valence-electron chi connectivity index (χ2n) is 5.45. The standard InChI is InChI=1S/C15H19NO4/c1-3-8-12-9-6-5-7-10(20-4-2)11(9)13(15(18)19)16(12)14(8)17/h3,9-10,12H,4-7H2,1-2H3,(H,18,19)/b8-3+/t9-,10-,12-/m0/s1. The van der Waals surface area contributed by atoms with E-state index in [0.29, 0.717) is 6.61 Å². The van der Waals surface area contributed by atoms with E-state index in [4.69, 9.17) is 4.74 Å². The minimum Gasteiger partial charge on any atom is -0.477 e. The minimum absolute atomic E-state index is 0.0724. The first kappa shape index (κ1) is 13.4. The van der Waals surface area contributed by atoms with Gasteiger partial charge in [-0.3, -0.25) is 9.69 Å². The maximum Gasteiger partial charge on any atom is 0.352 e.